The van der Waals surface area contributed by atoms with Crippen LogP contribution < -0.4 is 0 Å². The van der Waals surface area contributed by atoms with Gasteiger partial charge in [-0.3, -0.25) is 0 Å². The van der Waals surface area contributed by atoms with Crippen molar-refractivity contribution in [3.63, 3.8) is 0 Å². The summed E-state index contributed by atoms with van der Waals surface area (Å²) >= 11 is 0. The van der Waals surface area contributed by atoms with E-state index in [2.05, 4.69) is 0 Å². The van der Waals surface area contributed by atoms with E-state index < -0.39 is 17.7 Å². The topological polar surface area (TPSA) is 46.5 Å². The van der Waals surface area contributed by atoms with Crippen LogP contribution in [0.15, 0.2) is 24.3 Å². The molecule has 0 saturated carbocycles. The minimum absolute atomic E-state index is 0.583. The predicted molar refractivity (Wildman–Crippen MR) is 62.0 cm³/mol. The molecule has 88 valence electrons. The molecule has 0 spiro atoms. The Morgan fingerprint density at radius 3 is 2.38 bits per heavy atom. The number of benzene rings is 1. The second kappa shape index (κ2) is 4.66. The van der Waals surface area contributed by atoms with Gasteiger partial charge in [-0.1, -0.05) is 24.3 Å². The Hall–Kier alpha value is -1.35. The Bertz CT molecular complexity index is 377. The number of rotatable bonds is 2. The molecule has 0 fully saturated rings. The van der Waals surface area contributed by atoms with Crippen LogP contribution in [-0.4, -0.2) is 16.7 Å². The summed E-state index contributed by atoms with van der Waals surface area (Å²) in [7, 11) is 0. The molecule has 0 heterocycles. The van der Waals surface area contributed by atoms with Crippen molar-refractivity contribution in [3.8, 4) is 0 Å². The number of carbonyl (C=O) groups is 1. The summed E-state index contributed by atoms with van der Waals surface area (Å²) in [5.41, 5.74) is 0.887. The smallest absolute Gasteiger partial charge is 0.340 e. The number of carbonyl (C=O) groups excluding carboxylic acids is 1. The normalized spacial score (nSPS) is 13.3. The van der Waals surface area contributed by atoms with E-state index in [1.54, 1.807) is 32.9 Å². The standard InChI is InChI=1S/C13H18O3/c1-9-7-5-6-8-10(9)11(14)12(15)16-13(2,3)4/h5-8,11,14H,1-4H3/t11-/m0/s1. The highest BCUT2D eigenvalue weighted by Crippen LogP contribution is 2.20. The minimum Gasteiger partial charge on any atom is -0.458 e. The van der Waals surface area contributed by atoms with Crippen LogP contribution in [0.5, 0.6) is 0 Å². The summed E-state index contributed by atoms with van der Waals surface area (Å²) in [6, 6.07) is 7.23. The molecule has 1 aromatic carbocycles. The second-order valence-electron chi connectivity index (χ2n) is 4.79. The first kappa shape index (κ1) is 12.7. The van der Waals surface area contributed by atoms with Gasteiger partial charge in [0.2, 0.25) is 0 Å². The first-order chi connectivity index (χ1) is 7.31. The van der Waals surface area contributed by atoms with E-state index in [4.69, 9.17) is 4.74 Å². The Balaban J connectivity index is 2.83. The van der Waals surface area contributed by atoms with Crippen molar-refractivity contribution in [1.29, 1.82) is 0 Å². The average molecular weight is 222 g/mol. The highest BCUT2D eigenvalue weighted by Gasteiger charge is 2.25. The largest absolute Gasteiger partial charge is 0.458 e. The van der Waals surface area contributed by atoms with Crippen molar-refractivity contribution in [2.45, 2.75) is 39.4 Å². The molecule has 0 saturated heterocycles. The predicted octanol–water partition coefficient (Wildman–Crippen LogP) is 2.37. The van der Waals surface area contributed by atoms with E-state index in [0.29, 0.717) is 5.56 Å². The Morgan fingerprint density at radius 2 is 1.88 bits per heavy atom. The van der Waals surface area contributed by atoms with Crippen LogP contribution in [0.3, 0.4) is 0 Å². The quantitative estimate of drug-likeness (QED) is 0.781. The van der Waals surface area contributed by atoms with Crippen LogP contribution in [0.25, 0.3) is 0 Å². The fourth-order valence-electron chi connectivity index (χ4n) is 1.38. The van der Waals surface area contributed by atoms with Gasteiger partial charge < -0.3 is 9.84 Å². The summed E-state index contributed by atoms with van der Waals surface area (Å²) in [5.74, 6) is -0.609. The summed E-state index contributed by atoms with van der Waals surface area (Å²) in [6.07, 6.45) is -1.21. The Kier molecular flexibility index (Phi) is 3.70. The first-order valence-corrected chi connectivity index (χ1v) is 5.28. The molecule has 0 aliphatic heterocycles. The molecule has 0 aliphatic carbocycles. The number of aliphatic hydroxyl groups is 1. The number of aryl methyl sites for hydroxylation is 1. The molecule has 0 amide bonds. The van der Waals surface area contributed by atoms with E-state index in [0.717, 1.165) is 5.56 Å². The highest BCUT2D eigenvalue weighted by atomic mass is 16.6. The van der Waals surface area contributed by atoms with E-state index in [1.165, 1.54) is 0 Å². The van der Waals surface area contributed by atoms with E-state index in [-0.39, 0.29) is 0 Å². The van der Waals surface area contributed by atoms with Gasteiger partial charge in [0, 0.05) is 0 Å². The highest BCUT2D eigenvalue weighted by molar-refractivity contribution is 5.77. The molecule has 0 aliphatic rings. The van der Waals surface area contributed by atoms with Crippen molar-refractivity contribution in [3.05, 3.63) is 35.4 Å². The van der Waals surface area contributed by atoms with Gasteiger partial charge in [0.1, 0.15) is 5.60 Å². The van der Waals surface area contributed by atoms with Gasteiger partial charge in [-0.05, 0) is 38.8 Å². The van der Waals surface area contributed by atoms with Gasteiger partial charge in [0.15, 0.2) is 6.10 Å². The molecular weight excluding hydrogens is 204 g/mol. The fourth-order valence-corrected chi connectivity index (χ4v) is 1.38. The summed E-state index contributed by atoms with van der Waals surface area (Å²) in [6.45, 7) is 7.17. The zero-order valence-corrected chi connectivity index (χ0v) is 10.2. The molecule has 0 unspecified atom stereocenters. The Labute approximate surface area is 96.1 Å². The summed E-state index contributed by atoms with van der Waals surface area (Å²) < 4.78 is 5.12. The molecule has 3 nitrogen and oxygen atoms in total. The molecule has 1 aromatic rings. The minimum atomic E-state index is -1.21. The van der Waals surface area contributed by atoms with Crippen LogP contribution in [0.4, 0.5) is 0 Å². The lowest BCUT2D eigenvalue weighted by Crippen LogP contribution is -2.28. The van der Waals surface area contributed by atoms with Crippen molar-refractivity contribution in [1.82, 2.24) is 0 Å². The Morgan fingerprint density at radius 1 is 1.31 bits per heavy atom. The zero-order valence-electron chi connectivity index (χ0n) is 10.2. The van der Waals surface area contributed by atoms with Crippen LogP contribution in [0.2, 0.25) is 0 Å². The van der Waals surface area contributed by atoms with Gasteiger partial charge in [-0.15, -0.1) is 0 Å². The molecule has 0 aromatic heterocycles. The van der Waals surface area contributed by atoms with Crippen molar-refractivity contribution >= 4 is 5.97 Å². The molecule has 0 bridgehead atoms. The molecule has 3 heteroatoms. The lowest BCUT2D eigenvalue weighted by atomic mass is 10.0. The number of hydrogen-bond donors (Lipinski definition) is 1. The third kappa shape index (κ3) is 3.35. The van der Waals surface area contributed by atoms with E-state index >= 15 is 0 Å². The SMILES string of the molecule is Cc1ccccc1[C@H](O)C(=O)OC(C)(C)C. The third-order valence-electron chi connectivity index (χ3n) is 2.11. The number of hydrogen-bond acceptors (Lipinski definition) is 3. The van der Waals surface area contributed by atoms with Crippen LogP contribution in [0.1, 0.15) is 38.0 Å². The van der Waals surface area contributed by atoms with Crippen molar-refractivity contribution in [2.75, 3.05) is 0 Å². The summed E-state index contributed by atoms with van der Waals surface area (Å²) in [4.78, 5) is 11.6. The maximum atomic E-state index is 11.6. The van der Waals surface area contributed by atoms with Gasteiger partial charge in [-0.2, -0.15) is 0 Å². The maximum Gasteiger partial charge on any atom is 0.340 e. The van der Waals surface area contributed by atoms with Crippen molar-refractivity contribution < 1.29 is 14.6 Å². The number of aliphatic hydroxyl groups excluding tert-OH is 1. The maximum absolute atomic E-state index is 11.6. The van der Waals surface area contributed by atoms with Crippen molar-refractivity contribution in [2.24, 2.45) is 0 Å². The molecule has 1 atom stereocenters. The van der Waals surface area contributed by atoms with Gasteiger partial charge >= 0.3 is 5.97 Å². The fraction of sp³-hybridized carbons (Fsp3) is 0.462. The van der Waals surface area contributed by atoms with E-state index in [1.807, 2.05) is 19.1 Å². The molecular formula is C13H18O3. The van der Waals surface area contributed by atoms with Crippen LogP contribution in [0, 0.1) is 6.92 Å². The number of esters is 1. The molecule has 1 rings (SSSR count). The number of ether oxygens (including phenoxy) is 1. The van der Waals surface area contributed by atoms with Crippen LogP contribution >= 0.6 is 0 Å². The third-order valence-corrected chi connectivity index (χ3v) is 2.11. The first-order valence-electron chi connectivity index (χ1n) is 5.28. The molecule has 1 N–H and O–H groups in total. The van der Waals surface area contributed by atoms with Gasteiger partial charge in [0.05, 0.1) is 0 Å². The monoisotopic (exact) mass is 222 g/mol. The lowest BCUT2D eigenvalue weighted by Gasteiger charge is -2.22. The van der Waals surface area contributed by atoms with E-state index in [9.17, 15) is 9.90 Å². The average Bonchev–Trinajstić information content (AvgIpc) is 2.15. The zero-order chi connectivity index (χ0) is 12.3. The van der Waals surface area contributed by atoms with Crippen LogP contribution in [-0.2, 0) is 9.53 Å². The molecule has 0 radical (unpaired) electrons. The van der Waals surface area contributed by atoms with Gasteiger partial charge in [-0.25, -0.2) is 4.79 Å². The molecule has 16 heavy (non-hydrogen) atoms. The summed E-state index contributed by atoms with van der Waals surface area (Å²) in [5, 5.41) is 9.86. The second-order valence-corrected chi connectivity index (χ2v) is 4.79. The lowest BCUT2D eigenvalue weighted by molar-refractivity contribution is -0.165. The van der Waals surface area contributed by atoms with Gasteiger partial charge in [0.25, 0.3) is 0 Å².